The molecular weight excluding hydrogens is 472 g/mol. The van der Waals surface area contributed by atoms with E-state index in [-0.39, 0.29) is 19.0 Å². The molecule has 0 aliphatic carbocycles. The third-order valence-electron chi connectivity index (χ3n) is 5.64. The molecule has 3 aromatic rings. The number of hydrogen-bond donors (Lipinski definition) is 0. The second-order valence-electron chi connectivity index (χ2n) is 7.69. The van der Waals surface area contributed by atoms with Crippen LogP contribution in [0.15, 0.2) is 68.4 Å². The summed E-state index contributed by atoms with van der Waals surface area (Å²) in [5.41, 5.74) is 2.29. The molecule has 7 nitrogen and oxygen atoms in total. The van der Waals surface area contributed by atoms with Gasteiger partial charge in [0.1, 0.15) is 0 Å². The highest BCUT2D eigenvalue weighted by Crippen LogP contribution is 2.38. The van der Waals surface area contributed by atoms with Gasteiger partial charge >= 0.3 is 5.97 Å². The van der Waals surface area contributed by atoms with Gasteiger partial charge in [-0.2, -0.15) is 0 Å². The first-order chi connectivity index (χ1) is 16.5. The van der Waals surface area contributed by atoms with E-state index < -0.39 is 12.0 Å². The van der Waals surface area contributed by atoms with E-state index in [1.807, 2.05) is 48.7 Å². The zero-order valence-corrected chi connectivity index (χ0v) is 20.5. The Kier molecular flexibility index (Phi) is 6.05. The Morgan fingerprint density at radius 1 is 1.24 bits per heavy atom. The predicted octanol–water partition coefficient (Wildman–Crippen LogP) is 3.25. The van der Waals surface area contributed by atoms with Gasteiger partial charge in [0.2, 0.25) is 6.79 Å². The number of carbonyl (C=O) groups is 1. The summed E-state index contributed by atoms with van der Waals surface area (Å²) in [5.74, 6) is 0.711. The van der Waals surface area contributed by atoms with Crippen LogP contribution in [0.4, 0.5) is 0 Å². The molecule has 2 aliphatic heterocycles. The number of benzene rings is 2. The van der Waals surface area contributed by atoms with Crippen molar-refractivity contribution < 1.29 is 19.0 Å². The second-order valence-corrected chi connectivity index (χ2v) is 9.58. The minimum atomic E-state index is -0.689. The third kappa shape index (κ3) is 3.95. The summed E-state index contributed by atoms with van der Waals surface area (Å²) in [5, 5.41) is 0. The van der Waals surface area contributed by atoms with Crippen LogP contribution in [0.2, 0.25) is 0 Å². The van der Waals surface area contributed by atoms with Crippen molar-refractivity contribution in [2.75, 3.05) is 19.7 Å². The zero-order chi connectivity index (χ0) is 23.8. The average Bonchev–Trinajstić information content (AvgIpc) is 3.42. The first kappa shape index (κ1) is 22.5. The maximum atomic E-state index is 13.6. The Hall–Kier alpha value is -3.30. The van der Waals surface area contributed by atoms with Gasteiger partial charge in [-0.25, -0.2) is 9.79 Å². The molecule has 5 rings (SSSR count). The van der Waals surface area contributed by atoms with E-state index in [2.05, 4.69) is 4.99 Å². The van der Waals surface area contributed by atoms with Crippen molar-refractivity contribution in [1.82, 2.24) is 4.57 Å². The van der Waals surface area contributed by atoms with E-state index in [1.165, 1.54) is 11.3 Å². The molecule has 2 aromatic carbocycles. The fourth-order valence-corrected chi connectivity index (χ4v) is 5.50. The van der Waals surface area contributed by atoms with E-state index in [0.717, 1.165) is 16.0 Å². The Labute approximate surface area is 204 Å². The average molecular weight is 495 g/mol. The van der Waals surface area contributed by atoms with Crippen LogP contribution in [0.25, 0.3) is 6.08 Å². The number of hydrogen-bond acceptors (Lipinski definition) is 8. The molecule has 9 heteroatoms. The van der Waals surface area contributed by atoms with Gasteiger partial charge in [-0.15, -0.1) is 11.8 Å². The second kappa shape index (κ2) is 9.15. The molecule has 1 aromatic heterocycles. The van der Waals surface area contributed by atoms with Gasteiger partial charge in [-0.1, -0.05) is 29.5 Å². The van der Waals surface area contributed by atoms with Crippen molar-refractivity contribution >= 4 is 35.1 Å². The number of allylic oxidation sites excluding steroid dienone is 1. The lowest BCUT2D eigenvalue weighted by atomic mass is 9.95. The molecule has 0 unspecified atom stereocenters. The fourth-order valence-electron chi connectivity index (χ4n) is 4.04. The summed E-state index contributed by atoms with van der Waals surface area (Å²) in [4.78, 5) is 32.9. The van der Waals surface area contributed by atoms with Crippen LogP contribution in [0.3, 0.4) is 0 Å². The topological polar surface area (TPSA) is 79.1 Å². The Bertz CT molecular complexity index is 1480. The molecule has 1 atom stereocenters. The summed E-state index contributed by atoms with van der Waals surface area (Å²) < 4.78 is 18.4. The monoisotopic (exact) mass is 494 g/mol. The molecule has 3 heterocycles. The highest BCUT2D eigenvalue weighted by atomic mass is 32.2. The van der Waals surface area contributed by atoms with Crippen LogP contribution < -0.4 is 24.4 Å². The number of thiazole rings is 1. The van der Waals surface area contributed by atoms with Crippen molar-refractivity contribution in [3.8, 4) is 11.5 Å². The first-order valence-electron chi connectivity index (χ1n) is 10.7. The molecule has 2 aliphatic rings. The number of ether oxygens (including phenoxy) is 3. The molecular formula is C25H22N2O5S2. The van der Waals surface area contributed by atoms with E-state index in [9.17, 15) is 9.59 Å². The van der Waals surface area contributed by atoms with Crippen molar-refractivity contribution in [3.63, 3.8) is 0 Å². The lowest BCUT2D eigenvalue weighted by Gasteiger charge is -2.24. The van der Waals surface area contributed by atoms with Crippen LogP contribution in [0.1, 0.15) is 31.0 Å². The van der Waals surface area contributed by atoms with Gasteiger partial charge in [0, 0.05) is 4.90 Å². The van der Waals surface area contributed by atoms with Crippen LogP contribution in [-0.2, 0) is 9.53 Å². The number of carbonyl (C=O) groups excluding carboxylic acids is 1. The highest BCUT2D eigenvalue weighted by Gasteiger charge is 2.34. The van der Waals surface area contributed by atoms with Crippen molar-refractivity contribution in [1.29, 1.82) is 0 Å². The minimum Gasteiger partial charge on any atom is -0.463 e. The number of esters is 1. The number of nitrogens with zero attached hydrogens (tertiary/aromatic N) is 2. The van der Waals surface area contributed by atoms with Crippen LogP contribution in [-0.4, -0.2) is 30.2 Å². The Balaban J connectivity index is 1.69. The van der Waals surface area contributed by atoms with Crippen molar-refractivity contribution in [2.24, 2.45) is 4.99 Å². The van der Waals surface area contributed by atoms with Gasteiger partial charge in [-0.05, 0) is 61.6 Å². The fraction of sp³-hybridized carbons (Fsp3) is 0.240. The predicted molar refractivity (Wildman–Crippen MR) is 131 cm³/mol. The van der Waals surface area contributed by atoms with Gasteiger partial charge in [0.15, 0.2) is 16.3 Å². The Morgan fingerprint density at radius 2 is 2.00 bits per heavy atom. The molecule has 0 N–H and O–H groups in total. The maximum absolute atomic E-state index is 13.6. The number of aromatic nitrogens is 1. The van der Waals surface area contributed by atoms with Crippen LogP contribution in [0.5, 0.6) is 11.5 Å². The van der Waals surface area contributed by atoms with Gasteiger partial charge in [0.05, 0.1) is 28.5 Å². The zero-order valence-electron chi connectivity index (χ0n) is 18.9. The number of rotatable bonds is 5. The lowest BCUT2D eigenvalue weighted by Crippen LogP contribution is -2.39. The highest BCUT2D eigenvalue weighted by molar-refractivity contribution is 7.98. The summed E-state index contributed by atoms with van der Waals surface area (Å²) in [6.07, 6.45) is 3.88. The molecule has 34 heavy (non-hydrogen) atoms. The van der Waals surface area contributed by atoms with E-state index in [0.29, 0.717) is 32.1 Å². The smallest absolute Gasteiger partial charge is 0.338 e. The van der Waals surface area contributed by atoms with Gasteiger partial charge in [0.25, 0.3) is 5.56 Å². The van der Waals surface area contributed by atoms with Gasteiger partial charge < -0.3 is 14.2 Å². The van der Waals surface area contributed by atoms with E-state index in [4.69, 9.17) is 14.2 Å². The standard InChI is InChI=1S/C25H22N2O5S2/c1-4-30-24(29)21-14(2)26-25-27(22(21)16-7-10-18-19(12-16)32-13-31-18)23(28)20(34-25)11-15-5-8-17(33-3)9-6-15/h5-12,22H,4,13H2,1-3H3/b20-11-/t22-/m1/s1. The molecule has 0 radical (unpaired) electrons. The van der Waals surface area contributed by atoms with Gasteiger partial charge in [-0.3, -0.25) is 9.36 Å². The van der Waals surface area contributed by atoms with Crippen LogP contribution >= 0.6 is 23.1 Å². The maximum Gasteiger partial charge on any atom is 0.338 e. The molecule has 0 amide bonds. The SMILES string of the molecule is CCOC(=O)C1=C(C)N=c2s/c(=C\c3ccc(SC)cc3)c(=O)n2[C@@H]1c1ccc2c(c1)OCO2. The van der Waals surface area contributed by atoms with E-state index >= 15 is 0 Å². The molecule has 0 spiro atoms. The third-order valence-corrected chi connectivity index (χ3v) is 7.37. The van der Waals surface area contributed by atoms with Crippen LogP contribution in [0, 0.1) is 0 Å². The molecule has 0 saturated carbocycles. The first-order valence-corrected chi connectivity index (χ1v) is 12.8. The van der Waals surface area contributed by atoms with Crippen molar-refractivity contribution in [3.05, 3.63) is 84.5 Å². The lowest BCUT2D eigenvalue weighted by molar-refractivity contribution is -0.139. The number of thioether (sulfide) groups is 1. The quantitative estimate of drug-likeness (QED) is 0.400. The summed E-state index contributed by atoms with van der Waals surface area (Å²) in [6, 6.07) is 12.8. The molecule has 0 saturated heterocycles. The number of fused-ring (bicyclic) bond motifs is 2. The van der Waals surface area contributed by atoms with Crippen molar-refractivity contribution in [2.45, 2.75) is 24.8 Å². The van der Waals surface area contributed by atoms with E-state index in [1.54, 1.807) is 36.2 Å². The normalized spacial score (nSPS) is 16.9. The largest absolute Gasteiger partial charge is 0.463 e. The molecule has 0 fully saturated rings. The summed E-state index contributed by atoms with van der Waals surface area (Å²) in [7, 11) is 0. The summed E-state index contributed by atoms with van der Waals surface area (Å²) >= 11 is 2.96. The molecule has 174 valence electrons. The summed E-state index contributed by atoms with van der Waals surface area (Å²) in [6.45, 7) is 3.88. The Morgan fingerprint density at radius 3 is 2.74 bits per heavy atom. The molecule has 0 bridgehead atoms. The minimum absolute atomic E-state index is 0.135.